The van der Waals surface area contributed by atoms with Crippen molar-refractivity contribution in [3.05, 3.63) is 89.5 Å². The molecule has 0 spiro atoms. The highest BCUT2D eigenvalue weighted by Gasteiger charge is 2.23. The Labute approximate surface area is 194 Å². The smallest absolute Gasteiger partial charge is 0.251 e. The Hall–Kier alpha value is -3.80. The summed E-state index contributed by atoms with van der Waals surface area (Å²) in [4.78, 5) is 27.1. The predicted octanol–water partition coefficient (Wildman–Crippen LogP) is 4.54. The first kappa shape index (κ1) is 22.4. The lowest BCUT2D eigenvalue weighted by Gasteiger charge is -2.21. The summed E-state index contributed by atoms with van der Waals surface area (Å²) in [6.07, 6.45) is 2.01. The summed E-state index contributed by atoms with van der Waals surface area (Å²) in [5.41, 5.74) is 3.35. The van der Waals surface area contributed by atoms with Crippen molar-refractivity contribution in [2.75, 3.05) is 25.7 Å². The van der Waals surface area contributed by atoms with E-state index in [9.17, 15) is 9.59 Å². The summed E-state index contributed by atoms with van der Waals surface area (Å²) < 4.78 is 10.5. The number of anilines is 1. The second-order valence-corrected chi connectivity index (χ2v) is 8.05. The Bertz CT molecular complexity index is 1110. The summed E-state index contributed by atoms with van der Waals surface area (Å²) in [6, 6.07) is 22.6. The van der Waals surface area contributed by atoms with Gasteiger partial charge in [0.2, 0.25) is 5.91 Å². The summed E-state index contributed by atoms with van der Waals surface area (Å²) in [5, 5.41) is 3.18. The first-order chi connectivity index (χ1) is 16.1. The molecule has 0 bridgehead atoms. The number of nitrogens with zero attached hydrogens (tertiary/aromatic N) is 1. The minimum Gasteiger partial charge on any atom is -0.497 e. The second kappa shape index (κ2) is 10.2. The Balaban J connectivity index is 1.57. The molecule has 0 aromatic heterocycles. The lowest BCUT2D eigenvalue weighted by molar-refractivity contribution is -0.117. The van der Waals surface area contributed by atoms with Crippen molar-refractivity contribution in [1.29, 1.82) is 0 Å². The number of benzene rings is 3. The van der Waals surface area contributed by atoms with Crippen molar-refractivity contribution >= 4 is 17.5 Å². The largest absolute Gasteiger partial charge is 0.497 e. The lowest BCUT2D eigenvalue weighted by Crippen LogP contribution is -2.30. The van der Waals surface area contributed by atoms with Gasteiger partial charge in [0.05, 0.1) is 20.3 Å². The highest BCUT2D eigenvalue weighted by Crippen LogP contribution is 2.25. The number of ether oxygens (including phenoxy) is 2. The van der Waals surface area contributed by atoms with E-state index in [2.05, 4.69) is 5.32 Å². The van der Waals surface area contributed by atoms with Gasteiger partial charge in [-0.1, -0.05) is 30.3 Å². The topological polar surface area (TPSA) is 67.9 Å². The predicted molar refractivity (Wildman–Crippen MR) is 128 cm³/mol. The molecule has 1 unspecified atom stereocenters. The van der Waals surface area contributed by atoms with Crippen LogP contribution in [0.1, 0.15) is 40.4 Å². The number of nitrogens with one attached hydrogen (secondary N) is 1. The van der Waals surface area contributed by atoms with E-state index in [1.807, 2.05) is 60.7 Å². The van der Waals surface area contributed by atoms with Gasteiger partial charge >= 0.3 is 0 Å². The van der Waals surface area contributed by atoms with Crippen LogP contribution >= 0.6 is 0 Å². The molecule has 3 aromatic carbocycles. The van der Waals surface area contributed by atoms with Crippen LogP contribution in [0, 0.1) is 0 Å². The number of rotatable bonds is 8. The van der Waals surface area contributed by atoms with E-state index in [4.69, 9.17) is 9.47 Å². The van der Waals surface area contributed by atoms with Crippen LogP contribution in [0.5, 0.6) is 11.5 Å². The van der Waals surface area contributed by atoms with Crippen molar-refractivity contribution in [2.45, 2.75) is 25.3 Å². The molecular formula is C27H28N2O4. The number of amides is 2. The molecule has 6 nitrogen and oxygen atoms in total. The highest BCUT2D eigenvalue weighted by atomic mass is 16.5. The zero-order chi connectivity index (χ0) is 23.2. The molecular weight excluding hydrogens is 416 g/mol. The molecule has 1 heterocycles. The van der Waals surface area contributed by atoms with Crippen LogP contribution in [-0.4, -0.2) is 32.6 Å². The minimum absolute atomic E-state index is 0.100. The van der Waals surface area contributed by atoms with Crippen LogP contribution in [0.2, 0.25) is 0 Å². The zero-order valence-corrected chi connectivity index (χ0v) is 18.9. The second-order valence-electron chi connectivity index (χ2n) is 8.05. The summed E-state index contributed by atoms with van der Waals surface area (Å²) >= 11 is 0. The van der Waals surface area contributed by atoms with E-state index in [-0.39, 0.29) is 17.9 Å². The molecule has 1 fully saturated rings. The summed E-state index contributed by atoms with van der Waals surface area (Å²) in [5.74, 6) is 1.47. The molecule has 6 heteroatoms. The number of carbonyl (C=O) groups excluding carboxylic acids is 2. The molecule has 1 atom stereocenters. The fourth-order valence-corrected chi connectivity index (χ4v) is 4.06. The van der Waals surface area contributed by atoms with Gasteiger partial charge in [-0.3, -0.25) is 9.59 Å². The maximum absolute atomic E-state index is 13.2. The van der Waals surface area contributed by atoms with Crippen LogP contribution in [0.25, 0.3) is 0 Å². The maximum atomic E-state index is 13.2. The van der Waals surface area contributed by atoms with E-state index in [0.717, 1.165) is 34.7 Å². The van der Waals surface area contributed by atoms with Crippen molar-refractivity contribution in [2.24, 2.45) is 0 Å². The standard InChI is InChI=1S/C27H28N2O4/c1-32-23-12-8-19(9-13-23)17-25(20-10-14-24(33-2)15-11-20)28-27(31)21-5-3-6-22(18-21)29-16-4-7-26(29)30/h3,5-6,8-15,18,25H,4,7,16-17H2,1-2H3,(H,28,31). The van der Waals surface area contributed by atoms with Gasteiger partial charge in [-0.2, -0.15) is 0 Å². The molecule has 1 aliphatic heterocycles. The minimum atomic E-state index is -0.242. The molecule has 0 radical (unpaired) electrons. The zero-order valence-electron chi connectivity index (χ0n) is 18.9. The van der Waals surface area contributed by atoms with Gasteiger partial charge in [-0.15, -0.1) is 0 Å². The van der Waals surface area contributed by atoms with Gasteiger partial charge in [0.25, 0.3) is 5.91 Å². The van der Waals surface area contributed by atoms with Crippen LogP contribution in [0.15, 0.2) is 72.8 Å². The van der Waals surface area contributed by atoms with E-state index < -0.39 is 0 Å². The normalized spacial score (nSPS) is 14.1. The molecule has 2 amide bonds. The fraction of sp³-hybridized carbons (Fsp3) is 0.259. The lowest BCUT2D eigenvalue weighted by atomic mass is 9.98. The monoisotopic (exact) mass is 444 g/mol. The Morgan fingerprint density at radius 3 is 2.24 bits per heavy atom. The Kier molecular flexibility index (Phi) is 6.93. The first-order valence-corrected chi connectivity index (χ1v) is 11.1. The van der Waals surface area contributed by atoms with Gasteiger partial charge < -0.3 is 19.7 Å². The van der Waals surface area contributed by atoms with E-state index in [1.165, 1.54) is 0 Å². The SMILES string of the molecule is COc1ccc(CC(NC(=O)c2cccc(N3CCCC3=O)c2)c2ccc(OC)cc2)cc1. The highest BCUT2D eigenvalue weighted by molar-refractivity contribution is 5.99. The number of carbonyl (C=O) groups is 2. The third kappa shape index (κ3) is 5.34. The molecule has 4 rings (SSSR count). The van der Waals surface area contributed by atoms with Crippen molar-refractivity contribution in [3.63, 3.8) is 0 Å². The molecule has 33 heavy (non-hydrogen) atoms. The number of hydrogen-bond acceptors (Lipinski definition) is 4. The number of methoxy groups -OCH3 is 2. The molecule has 1 aliphatic rings. The average molecular weight is 445 g/mol. The molecule has 0 aliphatic carbocycles. The van der Waals surface area contributed by atoms with E-state index in [0.29, 0.717) is 24.9 Å². The quantitative estimate of drug-likeness (QED) is 0.554. The van der Waals surface area contributed by atoms with Crippen molar-refractivity contribution < 1.29 is 19.1 Å². The van der Waals surface area contributed by atoms with Crippen LogP contribution in [0.4, 0.5) is 5.69 Å². The van der Waals surface area contributed by atoms with Gasteiger partial charge in [0.1, 0.15) is 11.5 Å². The van der Waals surface area contributed by atoms with Gasteiger partial charge in [-0.25, -0.2) is 0 Å². The third-order valence-electron chi connectivity index (χ3n) is 5.92. The van der Waals surface area contributed by atoms with Crippen LogP contribution in [0.3, 0.4) is 0 Å². The maximum Gasteiger partial charge on any atom is 0.251 e. The molecule has 1 N–H and O–H groups in total. The molecule has 0 saturated carbocycles. The van der Waals surface area contributed by atoms with Crippen LogP contribution in [-0.2, 0) is 11.2 Å². The molecule has 3 aromatic rings. The van der Waals surface area contributed by atoms with Crippen LogP contribution < -0.4 is 19.7 Å². The number of hydrogen-bond donors (Lipinski definition) is 1. The van der Waals surface area contributed by atoms with E-state index >= 15 is 0 Å². The van der Waals surface area contributed by atoms with Crippen molar-refractivity contribution in [3.8, 4) is 11.5 Å². The van der Waals surface area contributed by atoms with Gasteiger partial charge in [-0.05, 0) is 66.4 Å². The molecule has 170 valence electrons. The van der Waals surface area contributed by atoms with Crippen molar-refractivity contribution in [1.82, 2.24) is 5.32 Å². The van der Waals surface area contributed by atoms with E-state index in [1.54, 1.807) is 31.3 Å². The summed E-state index contributed by atoms with van der Waals surface area (Å²) in [7, 11) is 3.27. The molecule has 1 saturated heterocycles. The van der Waals surface area contributed by atoms with Gasteiger partial charge in [0.15, 0.2) is 0 Å². The average Bonchev–Trinajstić information content (AvgIpc) is 3.30. The Morgan fingerprint density at radius 1 is 0.970 bits per heavy atom. The third-order valence-corrected chi connectivity index (χ3v) is 5.92. The summed E-state index contributed by atoms with van der Waals surface area (Å²) in [6.45, 7) is 0.690. The fourth-order valence-electron chi connectivity index (χ4n) is 4.06. The Morgan fingerprint density at radius 2 is 1.64 bits per heavy atom. The van der Waals surface area contributed by atoms with Gasteiger partial charge in [0, 0.05) is 24.2 Å². The first-order valence-electron chi connectivity index (χ1n) is 11.1.